The number of halogens is 1. The van der Waals surface area contributed by atoms with Crippen LogP contribution in [0.2, 0.25) is 5.15 Å². The van der Waals surface area contributed by atoms with Gasteiger partial charge in [-0.15, -0.1) is 11.3 Å². The standard InChI is InChI=1S/C11H14ClN5S2/c1-13-8-9(12)16-7-17-10(8)14-3-2-5-18-11-15-4-6-19-11/h4,6-7,13H,2-3,5H2,1H3,(H,14,16,17). The fourth-order valence-electron chi connectivity index (χ4n) is 1.44. The Hall–Kier alpha value is -1.05. The van der Waals surface area contributed by atoms with Gasteiger partial charge >= 0.3 is 0 Å². The van der Waals surface area contributed by atoms with E-state index in [0.29, 0.717) is 5.15 Å². The number of thioether (sulfide) groups is 1. The quantitative estimate of drug-likeness (QED) is 0.465. The lowest BCUT2D eigenvalue weighted by molar-refractivity contribution is 0.974. The van der Waals surface area contributed by atoms with Crippen LogP contribution in [0.5, 0.6) is 0 Å². The molecule has 2 heterocycles. The topological polar surface area (TPSA) is 62.7 Å². The number of nitrogens with zero attached hydrogens (tertiary/aromatic N) is 3. The molecular formula is C11H14ClN5S2. The van der Waals surface area contributed by atoms with Gasteiger partial charge in [-0.3, -0.25) is 0 Å². The largest absolute Gasteiger partial charge is 0.383 e. The van der Waals surface area contributed by atoms with E-state index in [4.69, 9.17) is 11.6 Å². The van der Waals surface area contributed by atoms with Crippen molar-refractivity contribution in [1.29, 1.82) is 0 Å². The summed E-state index contributed by atoms with van der Waals surface area (Å²) in [6.45, 7) is 0.834. The van der Waals surface area contributed by atoms with Crippen LogP contribution in [0, 0.1) is 0 Å². The fourth-order valence-corrected chi connectivity index (χ4v) is 3.31. The highest BCUT2D eigenvalue weighted by Crippen LogP contribution is 2.25. The SMILES string of the molecule is CNc1c(Cl)ncnc1NCCCSc1nccs1. The normalized spacial score (nSPS) is 10.4. The van der Waals surface area contributed by atoms with Crippen LogP contribution < -0.4 is 10.6 Å². The zero-order chi connectivity index (χ0) is 13.5. The lowest BCUT2D eigenvalue weighted by Crippen LogP contribution is -2.08. The Morgan fingerprint density at radius 1 is 1.37 bits per heavy atom. The third-order valence-electron chi connectivity index (χ3n) is 2.30. The van der Waals surface area contributed by atoms with Crippen molar-refractivity contribution in [2.45, 2.75) is 10.8 Å². The van der Waals surface area contributed by atoms with E-state index in [-0.39, 0.29) is 0 Å². The first-order chi connectivity index (χ1) is 9.31. The number of nitrogens with one attached hydrogen (secondary N) is 2. The number of hydrogen-bond donors (Lipinski definition) is 2. The average Bonchev–Trinajstić information content (AvgIpc) is 2.92. The smallest absolute Gasteiger partial charge is 0.157 e. The van der Waals surface area contributed by atoms with Gasteiger partial charge in [0, 0.05) is 30.9 Å². The van der Waals surface area contributed by atoms with E-state index in [0.717, 1.165) is 34.6 Å². The predicted molar refractivity (Wildman–Crippen MR) is 82.5 cm³/mol. The fraction of sp³-hybridized carbons (Fsp3) is 0.364. The molecule has 0 unspecified atom stereocenters. The van der Waals surface area contributed by atoms with Crippen LogP contribution in [0.25, 0.3) is 0 Å². The van der Waals surface area contributed by atoms with Crippen molar-refractivity contribution in [2.24, 2.45) is 0 Å². The van der Waals surface area contributed by atoms with Gasteiger partial charge in [0.25, 0.3) is 0 Å². The second kappa shape index (κ2) is 7.52. The summed E-state index contributed by atoms with van der Waals surface area (Å²) in [5.74, 6) is 1.76. The number of thiazole rings is 1. The molecule has 2 N–H and O–H groups in total. The minimum Gasteiger partial charge on any atom is -0.383 e. The molecule has 0 radical (unpaired) electrons. The first-order valence-corrected chi connectivity index (χ1v) is 8.00. The lowest BCUT2D eigenvalue weighted by atomic mass is 10.4. The minimum absolute atomic E-state index is 0.428. The Balaban J connectivity index is 1.75. The van der Waals surface area contributed by atoms with Crippen LogP contribution in [-0.2, 0) is 0 Å². The van der Waals surface area contributed by atoms with Crippen LogP contribution >= 0.6 is 34.7 Å². The predicted octanol–water partition coefficient (Wildman–Crippen LogP) is 3.22. The maximum absolute atomic E-state index is 5.97. The third-order valence-corrected chi connectivity index (χ3v) is 4.64. The molecule has 0 saturated carbocycles. The second-order valence-electron chi connectivity index (χ2n) is 3.56. The highest BCUT2D eigenvalue weighted by Gasteiger charge is 2.07. The first-order valence-electron chi connectivity index (χ1n) is 5.75. The molecule has 5 nitrogen and oxygen atoms in total. The highest BCUT2D eigenvalue weighted by atomic mass is 35.5. The molecule has 0 spiro atoms. The molecule has 0 saturated heterocycles. The summed E-state index contributed by atoms with van der Waals surface area (Å²) >= 11 is 9.41. The van der Waals surface area contributed by atoms with Crippen molar-refractivity contribution < 1.29 is 0 Å². The van der Waals surface area contributed by atoms with Gasteiger partial charge in [0.15, 0.2) is 11.0 Å². The molecule has 0 aliphatic carbocycles. The Labute approximate surface area is 125 Å². The summed E-state index contributed by atoms with van der Waals surface area (Å²) in [5, 5.41) is 8.67. The van der Waals surface area contributed by atoms with E-state index < -0.39 is 0 Å². The molecule has 102 valence electrons. The summed E-state index contributed by atoms with van der Waals surface area (Å²) in [6, 6.07) is 0. The van der Waals surface area contributed by atoms with Gasteiger partial charge in [-0.2, -0.15) is 0 Å². The zero-order valence-corrected chi connectivity index (χ0v) is 12.8. The molecule has 0 bridgehead atoms. The average molecular weight is 316 g/mol. The molecule has 0 aliphatic heterocycles. The number of aromatic nitrogens is 3. The van der Waals surface area contributed by atoms with E-state index in [1.54, 1.807) is 30.1 Å². The van der Waals surface area contributed by atoms with E-state index in [2.05, 4.69) is 25.6 Å². The van der Waals surface area contributed by atoms with Crippen molar-refractivity contribution >= 4 is 46.2 Å². The van der Waals surface area contributed by atoms with Gasteiger partial charge in [0.2, 0.25) is 0 Å². The molecule has 19 heavy (non-hydrogen) atoms. The van der Waals surface area contributed by atoms with Gasteiger partial charge in [-0.1, -0.05) is 23.4 Å². The summed E-state index contributed by atoms with van der Waals surface area (Å²) < 4.78 is 1.11. The van der Waals surface area contributed by atoms with Gasteiger partial charge in [-0.05, 0) is 6.42 Å². The number of hydrogen-bond acceptors (Lipinski definition) is 7. The lowest BCUT2D eigenvalue weighted by Gasteiger charge is -2.10. The van der Waals surface area contributed by atoms with Crippen LogP contribution in [0.3, 0.4) is 0 Å². The van der Waals surface area contributed by atoms with Gasteiger partial charge in [0.05, 0.1) is 0 Å². The highest BCUT2D eigenvalue weighted by molar-refractivity contribution is 8.00. The van der Waals surface area contributed by atoms with E-state index >= 15 is 0 Å². The molecule has 0 fully saturated rings. The van der Waals surface area contributed by atoms with Gasteiger partial charge < -0.3 is 10.6 Å². The summed E-state index contributed by atoms with van der Waals surface area (Å²) in [7, 11) is 1.80. The van der Waals surface area contributed by atoms with Crippen molar-refractivity contribution in [3.8, 4) is 0 Å². The third kappa shape index (κ3) is 4.22. The second-order valence-corrected chi connectivity index (χ2v) is 6.16. The Morgan fingerprint density at radius 2 is 2.26 bits per heavy atom. The van der Waals surface area contributed by atoms with E-state index in [1.165, 1.54) is 6.33 Å². The minimum atomic E-state index is 0.428. The Morgan fingerprint density at radius 3 is 3.00 bits per heavy atom. The van der Waals surface area contributed by atoms with Gasteiger partial charge in [-0.25, -0.2) is 15.0 Å². The maximum atomic E-state index is 5.97. The molecule has 0 amide bonds. The number of rotatable bonds is 7. The summed E-state index contributed by atoms with van der Waals surface area (Å²) in [4.78, 5) is 12.3. The zero-order valence-electron chi connectivity index (χ0n) is 10.4. The van der Waals surface area contributed by atoms with Crippen molar-refractivity contribution in [1.82, 2.24) is 15.0 Å². The molecular weight excluding hydrogens is 302 g/mol. The van der Waals surface area contributed by atoms with Crippen molar-refractivity contribution in [3.05, 3.63) is 23.1 Å². The number of anilines is 2. The first kappa shape index (κ1) is 14.4. The van der Waals surface area contributed by atoms with Crippen molar-refractivity contribution in [2.75, 3.05) is 30.0 Å². The molecule has 2 aromatic heterocycles. The Kier molecular flexibility index (Phi) is 5.68. The molecule has 0 aliphatic rings. The van der Waals surface area contributed by atoms with Crippen LogP contribution in [0.1, 0.15) is 6.42 Å². The van der Waals surface area contributed by atoms with Crippen LogP contribution in [-0.4, -0.2) is 34.3 Å². The monoisotopic (exact) mass is 315 g/mol. The summed E-state index contributed by atoms with van der Waals surface area (Å²) in [5.41, 5.74) is 0.733. The van der Waals surface area contributed by atoms with Crippen LogP contribution in [0.4, 0.5) is 11.5 Å². The Bertz CT molecular complexity index is 506. The van der Waals surface area contributed by atoms with Crippen LogP contribution in [0.15, 0.2) is 22.2 Å². The summed E-state index contributed by atoms with van der Waals surface area (Å²) in [6.07, 6.45) is 4.30. The molecule has 2 rings (SSSR count). The maximum Gasteiger partial charge on any atom is 0.157 e. The van der Waals surface area contributed by atoms with Crippen molar-refractivity contribution in [3.63, 3.8) is 0 Å². The van der Waals surface area contributed by atoms with E-state index in [9.17, 15) is 0 Å². The molecule has 2 aromatic rings. The van der Waals surface area contributed by atoms with Gasteiger partial charge in [0.1, 0.15) is 16.4 Å². The molecule has 0 aromatic carbocycles. The molecule has 0 atom stereocenters. The van der Waals surface area contributed by atoms with E-state index in [1.807, 2.05) is 11.6 Å². The molecule has 8 heteroatoms.